The second kappa shape index (κ2) is 9.22. The number of nitrogens with zero attached hydrogens (tertiary/aromatic N) is 3. The van der Waals surface area contributed by atoms with Crippen LogP contribution in [0.2, 0.25) is 0 Å². The molecule has 2 N–H and O–H groups in total. The van der Waals surface area contributed by atoms with E-state index in [2.05, 4.69) is 15.1 Å². The van der Waals surface area contributed by atoms with Crippen LogP contribution < -0.4 is 14.8 Å². The first kappa shape index (κ1) is 23.3. The fraction of sp³-hybridized carbons (Fsp3) is 0.444. The highest BCUT2D eigenvalue weighted by Crippen LogP contribution is 2.32. The second-order valence-corrected chi connectivity index (χ2v) is 8.72. The summed E-state index contributed by atoms with van der Waals surface area (Å²) in [4.78, 5) is 22.2. The molecule has 30 heavy (non-hydrogen) atoms. The topological polar surface area (TPSA) is 145 Å². The molecular weight excluding hydrogens is 414 g/mol. The fourth-order valence-corrected chi connectivity index (χ4v) is 3.90. The molecule has 1 unspecified atom stereocenters. The monoisotopic (exact) mass is 439 g/mol. The number of hydrogen-bond donors (Lipinski definition) is 2. The van der Waals surface area contributed by atoms with Crippen molar-refractivity contribution in [3.63, 3.8) is 0 Å². The third kappa shape index (κ3) is 5.54. The second-order valence-electron chi connectivity index (χ2n) is 7.04. The number of nitrogens with one attached hydrogen (secondary N) is 2. The lowest BCUT2D eigenvalue weighted by atomic mass is 10.3. The molecule has 2 aromatic rings. The molecule has 0 saturated heterocycles. The van der Waals surface area contributed by atoms with E-state index in [0.717, 1.165) is 12.1 Å². The highest BCUT2D eigenvalue weighted by molar-refractivity contribution is 7.89. The first-order valence-corrected chi connectivity index (χ1v) is 10.8. The molecule has 0 bridgehead atoms. The van der Waals surface area contributed by atoms with Crippen LogP contribution in [0.1, 0.15) is 44.6 Å². The quantitative estimate of drug-likeness (QED) is 0.450. The molecule has 0 radical (unpaired) electrons. The van der Waals surface area contributed by atoms with Crippen LogP contribution in [0.3, 0.4) is 0 Å². The molecule has 2 rings (SSSR count). The average Bonchev–Trinajstić information content (AvgIpc) is 3.01. The highest BCUT2D eigenvalue weighted by Gasteiger charge is 2.26. The van der Waals surface area contributed by atoms with Gasteiger partial charge in [-0.3, -0.25) is 14.9 Å². The van der Waals surface area contributed by atoms with Crippen LogP contribution in [-0.4, -0.2) is 41.1 Å². The number of aromatic nitrogens is 2. The number of nitro groups is 1. The Bertz CT molecular complexity index is 1050. The summed E-state index contributed by atoms with van der Waals surface area (Å²) in [7, 11) is -2.58. The molecule has 11 nitrogen and oxygen atoms in total. The third-order valence-electron chi connectivity index (χ3n) is 4.10. The zero-order valence-electron chi connectivity index (χ0n) is 17.4. The minimum absolute atomic E-state index is 0.0882. The number of benzene rings is 1. The van der Waals surface area contributed by atoms with Gasteiger partial charge < -0.3 is 10.1 Å². The number of carbonyl (C=O) groups excluding carboxylic acids is 1. The number of carbonyl (C=O) groups is 1. The van der Waals surface area contributed by atoms with Gasteiger partial charge in [0.25, 0.3) is 11.6 Å². The Morgan fingerprint density at radius 3 is 2.53 bits per heavy atom. The van der Waals surface area contributed by atoms with Crippen molar-refractivity contribution in [2.24, 2.45) is 7.05 Å². The number of hydrogen-bond acceptors (Lipinski definition) is 7. The van der Waals surface area contributed by atoms with Crippen LogP contribution in [-0.2, 0) is 17.1 Å². The number of sulfonamides is 1. The van der Waals surface area contributed by atoms with Gasteiger partial charge in [-0.15, -0.1) is 0 Å². The zero-order valence-corrected chi connectivity index (χ0v) is 18.2. The normalized spacial score (nSPS) is 12.6. The molecule has 1 aromatic heterocycles. The summed E-state index contributed by atoms with van der Waals surface area (Å²) < 4.78 is 35.0. The average molecular weight is 439 g/mol. The van der Waals surface area contributed by atoms with Crippen LogP contribution in [0.4, 0.5) is 5.69 Å². The van der Waals surface area contributed by atoms with Crippen molar-refractivity contribution in [2.45, 2.75) is 51.1 Å². The molecule has 0 aliphatic carbocycles. The predicted molar refractivity (Wildman–Crippen MR) is 109 cm³/mol. The third-order valence-corrected chi connectivity index (χ3v) is 5.71. The smallest absolute Gasteiger partial charge is 0.272 e. The van der Waals surface area contributed by atoms with Gasteiger partial charge in [0.15, 0.2) is 5.69 Å². The van der Waals surface area contributed by atoms with E-state index >= 15 is 0 Å². The summed E-state index contributed by atoms with van der Waals surface area (Å²) in [6.07, 6.45) is 0.528. The Kier molecular flexibility index (Phi) is 7.16. The Hall–Kier alpha value is -2.99. The van der Waals surface area contributed by atoms with Crippen molar-refractivity contribution in [3.05, 3.63) is 40.1 Å². The molecule has 0 fully saturated rings. The van der Waals surface area contributed by atoms with Crippen molar-refractivity contribution in [1.82, 2.24) is 19.8 Å². The van der Waals surface area contributed by atoms with Crippen LogP contribution in [0.5, 0.6) is 11.6 Å². The van der Waals surface area contributed by atoms with Gasteiger partial charge in [0.05, 0.1) is 4.92 Å². The minimum atomic E-state index is -4.11. The highest BCUT2D eigenvalue weighted by atomic mass is 32.2. The minimum Gasteiger partial charge on any atom is -0.438 e. The molecule has 0 saturated carbocycles. The van der Waals surface area contributed by atoms with Gasteiger partial charge in [0.2, 0.25) is 15.9 Å². The summed E-state index contributed by atoms with van der Waals surface area (Å²) in [5, 5.41) is 17.9. The van der Waals surface area contributed by atoms with Crippen molar-refractivity contribution in [1.29, 1.82) is 0 Å². The fourth-order valence-electron chi connectivity index (χ4n) is 2.42. The lowest BCUT2D eigenvalue weighted by Crippen LogP contribution is -2.32. The van der Waals surface area contributed by atoms with E-state index in [1.807, 2.05) is 0 Å². The molecule has 1 atom stereocenters. The zero-order chi connectivity index (χ0) is 22.6. The Morgan fingerprint density at radius 2 is 1.97 bits per heavy atom. The number of non-ortho nitro benzene ring substituents is 1. The Labute approximate surface area is 174 Å². The maximum atomic E-state index is 12.8. The van der Waals surface area contributed by atoms with E-state index < -0.39 is 26.5 Å². The lowest BCUT2D eigenvalue weighted by molar-refractivity contribution is -0.385. The van der Waals surface area contributed by atoms with Crippen LogP contribution in [0.15, 0.2) is 29.2 Å². The lowest BCUT2D eigenvalue weighted by Gasteiger charge is -2.15. The molecule has 0 aliphatic heterocycles. The summed E-state index contributed by atoms with van der Waals surface area (Å²) >= 11 is 0. The number of ether oxygens (including phenoxy) is 1. The Morgan fingerprint density at radius 1 is 1.30 bits per heavy atom. The summed E-state index contributed by atoms with van der Waals surface area (Å²) in [5.74, 6) is -0.446. The number of nitro benzene ring substituents is 1. The van der Waals surface area contributed by atoms with E-state index in [4.69, 9.17) is 4.74 Å². The molecule has 1 heterocycles. The largest absolute Gasteiger partial charge is 0.438 e. The number of aryl methyl sites for hydroxylation is 1. The van der Waals surface area contributed by atoms with E-state index in [1.165, 1.54) is 23.9 Å². The van der Waals surface area contributed by atoms with Crippen molar-refractivity contribution in [3.8, 4) is 11.6 Å². The molecular formula is C18H25N5O6S. The summed E-state index contributed by atoms with van der Waals surface area (Å²) in [6, 6.07) is 4.15. The van der Waals surface area contributed by atoms with Gasteiger partial charge in [0.1, 0.15) is 10.6 Å². The van der Waals surface area contributed by atoms with Crippen molar-refractivity contribution in [2.75, 3.05) is 0 Å². The maximum absolute atomic E-state index is 12.8. The SMILES string of the molecule is CCC(C)NS(=O)(=O)c1cc([N+](=O)[O-])ccc1Oc1cc(C(=O)NC(C)C)nn1C. The molecule has 1 amide bonds. The Balaban J connectivity index is 2.46. The standard InChI is InChI=1S/C18H25N5O6S/c1-6-12(4)21-30(27,28)16-9-13(23(25)26)7-8-15(16)29-17-10-14(20-22(17)5)18(24)19-11(2)3/h7-12,21H,6H2,1-5H3,(H,19,24). The van der Waals surface area contributed by atoms with E-state index in [0.29, 0.717) is 6.42 Å². The molecule has 1 aromatic carbocycles. The molecule has 12 heteroatoms. The van der Waals surface area contributed by atoms with Gasteiger partial charge in [-0.1, -0.05) is 6.92 Å². The molecule has 0 spiro atoms. The predicted octanol–water partition coefficient (Wildman–Crippen LogP) is 2.34. The first-order valence-electron chi connectivity index (χ1n) is 9.28. The van der Waals surface area contributed by atoms with E-state index in [-0.39, 0.29) is 34.3 Å². The van der Waals surface area contributed by atoms with Crippen molar-refractivity contribution >= 4 is 21.6 Å². The summed E-state index contributed by atoms with van der Waals surface area (Å²) in [5.41, 5.74) is -0.306. The number of rotatable bonds is 9. The van der Waals surface area contributed by atoms with Gasteiger partial charge in [-0.25, -0.2) is 17.8 Å². The number of amides is 1. The van der Waals surface area contributed by atoms with Gasteiger partial charge in [-0.2, -0.15) is 5.10 Å². The first-order chi connectivity index (χ1) is 13.9. The molecule has 0 aliphatic rings. The van der Waals surface area contributed by atoms with E-state index in [9.17, 15) is 23.3 Å². The maximum Gasteiger partial charge on any atom is 0.272 e. The van der Waals surface area contributed by atoms with Crippen LogP contribution >= 0.6 is 0 Å². The van der Waals surface area contributed by atoms with Gasteiger partial charge >= 0.3 is 0 Å². The van der Waals surface area contributed by atoms with Crippen LogP contribution in [0, 0.1) is 10.1 Å². The van der Waals surface area contributed by atoms with Gasteiger partial charge in [-0.05, 0) is 33.3 Å². The van der Waals surface area contributed by atoms with E-state index in [1.54, 1.807) is 27.7 Å². The van der Waals surface area contributed by atoms with Crippen LogP contribution in [0.25, 0.3) is 0 Å². The van der Waals surface area contributed by atoms with Gasteiger partial charge in [0, 0.05) is 37.3 Å². The molecule has 164 valence electrons. The summed E-state index contributed by atoms with van der Waals surface area (Å²) in [6.45, 7) is 7.08. The van der Waals surface area contributed by atoms with Crippen molar-refractivity contribution < 1.29 is 22.9 Å².